The zero-order chi connectivity index (χ0) is 8.85. The van der Waals surface area contributed by atoms with Gasteiger partial charge in [-0.25, -0.2) is 0 Å². The number of allylic oxidation sites excluding steroid dienone is 4. The molecule has 0 aliphatic rings. The highest BCUT2D eigenvalue weighted by Gasteiger charge is 1.90. The van der Waals surface area contributed by atoms with E-state index in [4.69, 9.17) is 0 Å². The number of carbonyl (C=O) groups is 1. The molecule has 0 spiro atoms. The highest BCUT2D eigenvalue weighted by Crippen LogP contribution is 2.03. The molecule has 0 unspecified atom stereocenters. The van der Waals surface area contributed by atoms with Crippen molar-refractivity contribution in [1.82, 2.24) is 0 Å². The van der Waals surface area contributed by atoms with Crippen LogP contribution in [0.15, 0.2) is 23.3 Å². The molecule has 0 fully saturated rings. The molecule has 0 aromatic heterocycles. The summed E-state index contributed by atoms with van der Waals surface area (Å²) in [5.41, 5.74) is 2.43. The summed E-state index contributed by atoms with van der Waals surface area (Å²) in [6, 6.07) is 0. The topological polar surface area (TPSA) is 17.1 Å². The van der Waals surface area contributed by atoms with Gasteiger partial charge in [0.1, 0.15) is 0 Å². The third-order valence-corrected chi connectivity index (χ3v) is 1.66. The first-order valence-corrected chi connectivity index (χ1v) is 3.93. The number of hydrogen-bond donors (Lipinski definition) is 0. The van der Waals surface area contributed by atoms with Crippen LogP contribution in [-0.4, -0.2) is 5.78 Å². The van der Waals surface area contributed by atoms with Crippen molar-refractivity contribution >= 4 is 5.78 Å². The molecule has 0 aromatic rings. The van der Waals surface area contributed by atoms with Crippen LogP contribution in [0.25, 0.3) is 0 Å². The molecule has 0 rings (SSSR count). The van der Waals surface area contributed by atoms with Gasteiger partial charge in [-0.3, -0.25) is 4.79 Å². The van der Waals surface area contributed by atoms with Crippen molar-refractivity contribution in [3.63, 3.8) is 0 Å². The monoisotopic (exact) mass is 152 g/mol. The Morgan fingerprint density at radius 3 is 2.09 bits per heavy atom. The lowest BCUT2D eigenvalue weighted by Gasteiger charge is -1.93. The van der Waals surface area contributed by atoms with E-state index in [9.17, 15) is 4.79 Å². The Morgan fingerprint density at radius 2 is 1.73 bits per heavy atom. The van der Waals surface area contributed by atoms with Crippen LogP contribution < -0.4 is 0 Å². The number of carbonyl (C=O) groups excluding carboxylic acids is 1. The second kappa shape index (κ2) is 4.89. The molecule has 0 aliphatic carbocycles. The van der Waals surface area contributed by atoms with Crippen LogP contribution in [-0.2, 0) is 4.79 Å². The Hall–Kier alpha value is -0.850. The lowest BCUT2D eigenvalue weighted by molar-refractivity contribution is -0.114. The van der Waals surface area contributed by atoms with Crippen LogP contribution in [0.3, 0.4) is 0 Å². The minimum atomic E-state index is 0.186. The molecule has 0 aliphatic heterocycles. The van der Waals surface area contributed by atoms with Gasteiger partial charge in [0.25, 0.3) is 0 Å². The fraction of sp³-hybridized carbons (Fsp3) is 0.500. The molecule has 0 bridgehead atoms. The Labute approximate surface area is 68.8 Å². The molecule has 0 aromatic carbocycles. The van der Waals surface area contributed by atoms with Gasteiger partial charge >= 0.3 is 0 Å². The van der Waals surface area contributed by atoms with Crippen molar-refractivity contribution < 1.29 is 4.79 Å². The summed E-state index contributed by atoms with van der Waals surface area (Å²) in [5, 5.41) is 0. The standard InChI is InChI=1S/C10H16O/c1-5-10(11)7-6-9(4)8(2)3/h6-7H,5H2,1-4H3/b7-6+. The largest absolute Gasteiger partial charge is 0.295 e. The Balaban J connectivity index is 4.15. The van der Waals surface area contributed by atoms with Gasteiger partial charge in [0.05, 0.1) is 0 Å². The van der Waals surface area contributed by atoms with Gasteiger partial charge in [-0.2, -0.15) is 0 Å². The number of rotatable bonds is 3. The number of hydrogen-bond acceptors (Lipinski definition) is 1. The smallest absolute Gasteiger partial charge is 0.155 e. The molecule has 1 nitrogen and oxygen atoms in total. The quantitative estimate of drug-likeness (QED) is 0.449. The van der Waals surface area contributed by atoms with Crippen molar-refractivity contribution in [3.8, 4) is 0 Å². The lowest BCUT2D eigenvalue weighted by atomic mass is 10.1. The second-order valence-electron chi connectivity index (χ2n) is 2.84. The Kier molecular flexibility index (Phi) is 4.51. The van der Waals surface area contributed by atoms with Gasteiger partial charge in [-0.15, -0.1) is 0 Å². The predicted octanol–water partition coefficient (Wildman–Crippen LogP) is 2.88. The van der Waals surface area contributed by atoms with Crippen molar-refractivity contribution in [2.75, 3.05) is 0 Å². The molecule has 0 radical (unpaired) electrons. The Bertz CT molecular complexity index is 193. The van der Waals surface area contributed by atoms with Gasteiger partial charge in [0, 0.05) is 6.42 Å². The van der Waals surface area contributed by atoms with Crippen LogP contribution >= 0.6 is 0 Å². The van der Waals surface area contributed by atoms with Crippen LogP contribution in [0.1, 0.15) is 34.1 Å². The fourth-order valence-corrected chi connectivity index (χ4v) is 0.502. The summed E-state index contributed by atoms with van der Waals surface area (Å²) < 4.78 is 0. The average molecular weight is 152 g/mol. The van der Waals surface area contributed by atoms with Gasteiger partial charge < -0.3 is 0 Å². The summed E-state index contributed by atoms with van der Waals surface area (Å²) in [5.74, 6) is 0.186. The molecule has 62 valence electrons. The van der Waals surface area contributed by atoms with Crippen LogP contribution in [0.2, 0.25) is 0 Å². The highest BCUT2D eigenvalue weighted by atomic mass is 16.1. The SMILES string of the molecule is CCC(=O)/C=C/C(C)=C(C)C. The van der Waals surface area contributed by atoms with Gasteiger partial charge in [0.2, 0.25) is 0 Å². The van der Waals surface area contributed by atoms with Crippen molar-refractivity contribution in [3.05, 3.63) is 23.3 Å². The molecule has 0 saturated carbocycles. The maximum absolute atomic E-state index is 10.8. The molecule has 0 atom stereocenters. The second-order valence-corrected chi connectivity index (χ2v) is 2.84. The fourth-order valence-electron chi connectivity index (χ4n) is 0.502. The minimum absolute atomic E-state index is 0.186. The van der Waals surface area contributed by atoms with Crippen molar-refractivity contribution in [1.29, 1.82) is 0 Å². The summed E-state index contributed by atoms with van der Waals surface area (Å²) in [7, 11) is 0. The maximum atomic E-state index is 10.8. The summed E-state index contributed by atoms with van der Waals surface area (Å²) in [4.78, 5) is 10.8. The normalized spacial score (nSPS) is 10.2. The molecular weight excluding hydrogens is 136 g/mol. The maximum Gasteiger partial charge on any atom is 0.155 e. The summed E-state index contributed by atoms with van der Waals surface area (Å²) in [6.07, 6.45) is 4.11. The third kappa shape index (κ3) is 4.54. The third-order valence-electron chi connectivity index (χ3n) is 1.66. The molecule has 0 amide bonds. The van der Waals surface area contributed by atoms with Gasteiger partial charge in [-0.05, 0) is 26.8 Å². The predicted molar refractivity (Wildman–Crippen MR) is 48.5 cm³/mol. The van der Waals surface area contributed by atoms with Gasteiger partial charge in [0.15, 0.2) is 5.78 Å². The van der Waals surface area contributed by atoms with Gasteiger partial charge in [-0.1, -0.05) is 24.1 Å². The Morgan fingerprint density at radius 1 is 1.18 bits per heavy atom. The van der Waals surface area contributed by atoms with E-state index in [0.29, 0.717) is 6.42 Å². The van der Waals surface area contributed by atoms with E-state index in [0.717, 1.165) is 0 Å². The van der Waals surface area contributed by atoms with E-state index in [1.165, 1.54) is 11.1 Å². The van der Waals surface area contributed by atoms with E-state index in [2.05, 4.69) is 0 Å². The number of ketones is 1. The van der Waals surface area contributed by atoms with Crippen LogP contribution in [0, 0.1) is 0 Å². The highest BCUT2D eigenvalue weighted by molar-refractivity contribution is 5.89. The molecule has 0 heterocycles. The zero-order valence-corrected chi connectivity index (χ0v) is 7.77. The summed E-state index contributed by atoms with van der Waals surface area (Å²) in [6.45, 7) is 7.95. The first kappa shape index (κ1) is 10.2. The van der Waals surface area contributed by atoms with E-state index < -0.39 is 0 Å². The van der Waals surface area contributed by atoms with Crippen molar-refractivity contribution in [2.24, 2.45) is 0 Å². The van der Waals surface area contributed by atoms with E-state index >= 15 is 0 Å². The molecule has 1 heteroatoms. The summed E-state index contributed by atoms with van der Waals surface area (Å²) >= 11 is 0. The first-order valence-electron chi connectivity index (χ1n) is 3.93. The lowest BCUT2D eigenvalue weighted by Crippen LogP contribution is -1.87. The molecule has 11 heavy (non-hydrogen) atoms. The van der Waals surface area contributed by atoms with E-state index in [1.807, 2.05) is 33.8 Å². The van der Waals surface area contributed by atoms with Crippen LogP contribution in [0.4, 0.5) is 0 Å². The molecular formula is C10H16O. The zero-order valence-electron chi connectivity index (χ0n) is 7.77. The molecule has 0 N–H and O–H groups in total. The van der Waals surface area contributed by atoms with Crippen molar-refractivity contribution in [2.45, 2.75) is 34.1 Å². The molecule has 0 saturated heterocycles. The van der Waals surface area contributed by atoms with Crippen LogP contribution in [0.5, 0.6) is 0 Å². The van der Waals surface area contributed by atoms with E-state index in [-0.39, 0.29) is 5.78 Å². The van der Waals surface area contributed by atoms with E-state index in [1.54, 1.807) is 6.08 Å². The first-order chi connectivity index (χ1) is 5.07. The minimum Gasteiger partial charge on any atom is -0.295 e. The average Bonchev–Trinajstić information content (AvgIpc) is 1.99.